The van der Waals surface area contributed by atoms with E-state index in [1.807, 2.05) is 4.90 Å². The number of likely N-dealkylation sites (tertiary alicyclic amines) is 1. The second kappa shape index (κ2) is 3.49. The van der Waals surface area contributed by atoms with Crippen molar-refractivity contribution in [3.63, 3.8) is 0 Å². The minimum Gasteiger partial charge on any atom is -0.298 e. The molecule has 0 aromatic heterocycles. The van der Waals surface area contributed by atoms with Crippen LogP contribution in [0.3, 0.4) is 0 Å². The van der Waals surface area contributed by atoms with E-state index in [0.29, 0.717) is 32.4 Å². The van der Waals surface area contributed by atoms with Crippen molar-refractivity contribution in [2.45, 2.75) is 25.3 Å². The van der Waals surface area contributed by atoms with Crippen molar-refractivity contribution in [3.8, 4) is 0 Å². The highest BCUT2D eigenvalue weighted by Gasteiger charge is 2.34. The molecule has 2 aliphatic rings. The maximum Gasteiger partial charge on any atom is 0.243 e. The van der Waals surface area contributed by atoms with Gasteiger partial charge in [-0.1, -0.05) is 0 Å². The molecular formula is C9H12N2O3. The van der Waals surface area contributed by atoms with Crippen LogP contribution in [0.25, 0.3) is 0 Å². The number of amides is 2. The monoisotopic (exact) mass is 196 g/mol. The third kappa shape index (κ3) is 1.68. The zero-order valence-corrected chi connectivity index (χ0v) is 7.78. The fourth-order valence-corrected chi connectivity index (χ4v) is 1.95. The van der Waals surface area contributed by atoms with Crippen molar-refractivity contribution < 1.29 is 14.4 Å². The number of rotatable bonds is 1. The molecule has 76 valence electrons. The standard InChI is InChI=1S/C9H12N2O3/c12-6-3-4-11(5-6)7-1-2-8(13)10-9(7)14/h7H,1-5H2,(H,10,13,14). The van der Waals surface area contributed by atoms with Gasteiger partial charge in [0, 0.05) is 19.4 Å². The molecule has 1 unspecified atom stereocenters. The van der Waals surface area contributed by atoms with Crippen LogP contribution in [0.4, 0.5) is 0 Å². The lowest BCUT2D eigenvalue weighted by molar-refractivity contribution is -0.137. The molecule has 2 rings (SSSR count). The lowest BCUT2D eigenvalue weighted by Crippen LogP contribution is -2.51. The fraction of sp³-hybridized carbons (Fsp3) is 0.667. The van der Waals surface area contributed by atoms with Gasteiger partial charge in [-0.3, -0.25) is 24.6 Å². The Morgan fingerprint density at radius 1 is 1.21 bits per heavy atom. The highest BCUT2D eigenvalue weighted by Crippen LogP contribution is 2.16. The Hall–Kier alpha value is -1.23. The molecule has 5 heteroatoms. The summed E-state index contributed by atoms with van der Waals surface area (Å²) in [5.74, 6) is -0.289. The first kappa shape index (κ1) is 9.33. The van der Waals surface area contributed by atoms with Gasteiger partial charge in [0.25, 0.3) is 0 Å². The summed E-state index contributed by atoms with van der Waals surface area (Å²) in [5, 5.41) is 2.29. The summed E-state index contributed by atoms with van der Waals surface area (Å²) in [5.41, 5.74) is 0. The van der Waals surface area contributed by atoms with Gasteiger partial charge in [0.2, 0.25) is 11.8 Å². The average Bonchev–Trinajstić information content (AvgIpc) is 2.51. The van der Waals surface area contributed by atoms with Gasteiger partial charge in [-0.15, -0.1) is 0 Å². The lowest BCUT2D eigenvalue weighted by Gasteiger charge is -2.28. The fourth-order valence-electron chi connectivity index (χ4n) is 1.95. The van der Waals surface area contributed by atoms with E-state index < -0.39 is 0 Å². The minimum atomic E-state index is -0.279. The summed E-state index contributed by atoms with van der Waals surface area (Å²) in [7, 11) is 0. The molecule has 2 heterocycles. The largest absolute Gasteiger partial charge is 0.298 e. The predicted molar refractivity (Wildman–Crippen MR) is 47.4 cm³/mol. The Balaban J connectivity index is 2.01. The van der Waals surface area contributed by atoms with Crippen LogP contribution in [0.2, 0.25) is 0 Å². The van der Waals surface area contributed by atoms with Gasteiger partial charge < -0.3 is 0 Å². The number of carbonyl (C=O) groups is 3. The van der Waals surface area contributed by atoms with Gasteiger partial charge in [0.05, 0.1) is 12.6 Å². The number of hydrogen-bond donors (Lipinski definition) is 1. The first-order chi connectivity index (χ1) is 6.66. The van der Waals surface area contributed by atoms with Gasteiger partial charge in [-0.05, 0) is 6.42 Å². The number of carbonyl (C=O) groups excluding carboxylic acids is 3. The maximum absolute atomic E-state index is 11.4. The molecule has 0 aromatic carbocycles. The molecule has 1 N–H and O–H groups in total. The summed E-state index contributed by atoms with van der Waals surface area (Å²) < 4.78 is 0. The van der Waals surface area contributed by atoms with Crippen LogP contribution < -0.4 is 5.32 Å². The van der Waals surface area contributed by atoms with E-state index in [1.54, 1.807) is 0 Å². The molecular weight excluding hydrogens is 184 g/mol. The zero-order chi connectivity index (χ0) is 10.1. The summed E-state index contributed by atoms with van der Waals surface area (Å²) in [6.07, 6.45) is 1.44. The smallest absolute Gasteiger partial charge is 0.243 e. The average molecular weight is 196 g/mol. The topological polar surface area (TPSA) is 66.5 Å². The second-order valence-electron chi connectivity index (χ2n) is 3.73. The number of nitrogens with one attached hydrogen (secondary N) is 1. The van der Waals surface area contributed by atoms with Gasteiger partial charge in [0.1, 0.15) is 5.78 Å². The highest BCUT2D eigenvalue weighted by atomic mass is 16.2. The van der Waals surface area contributed by atoms with Crippen LogP contribution >= 0.6 is 0 Å². The first-order valence-corrected chi connectivity index (χ1v) is 4.76. The highest BCUT2D eigenvalue weighted by molar-refractivity contribution is 6.00. The van der Waals surface area contributed by atoms with Crippen molar-refractivity contribution >= 4 is 17.6 Å². The second-order valence-corrected chi connectivity index (χ2v) is 3.73. The van der Waals surface area contributed by atoms with E-state index in [0.717, 1.165) is 0 Å². The molecule has 2 fully saturated rings. The summed E-state index contributed by atoms with van der Waals surface area (Å²) >= 11 is 0. The third-order valence-corrected chi connectivity index (χ3v) is 2.71. The first-order valence-electron chi connectivity index (χ1n) is 4.76. The number of imide groups is 1. The summed E-state index contributed by atoms with van der Waals surface area (Å²) in [4.78, 5) is 35.2. The van der Waals surface area contributed by atoms with Gasteiger partial charge in [-0.2, -0.15) is 0 Å². The molecule has 2 amide bonds. The van der Waals surface area contributed by atoms with Crippen molar-refractivity contribution in [1.82, 2.24) is 10.2 Å². The predicted octanol–water partition coefficient (Wildman–Crippen LogP) is -0.934. The van der Waals surface area contributed by atoms with Crippen LogP contribution in [0.5, 0.6) is 0 Å². The quantitative estimate of drug-likeness (QED) is 0.550. The number of piperidine rings is 1. The minimum absolute atomic E-state index is 0.176. The van der Waals surface area contributed by atoms with Crippen LogP contribution in [0.1, 0.15) is 19.3 Å². The number of Topliss-reactive ketones (excluding diaryl/α,β-unsaturated/α-hetero) is 1. The Kier molecular flexibility index (Phi) is 2.33. The molecule has 0 spiro atoms. The number of ketones is 1. The van der Waals surface area contributed by atoms with Crippen molar-refractivity contribution in [1.29, 1.82) is 0 Å². The SMILES string of the molecule is O=C1CCN(C2CCC(=O)NC2=O)C1. The number of hydrogen-bond acceptors (Lipinski definition) is 4. The van der Waals surface area contributed by atoms with E-state index in [4.69, 9.17) is 0 Å². The van der Waals surface area contributed by atoms with E-state index >= 15 is 0 Å². The van der Waals surface area contributed by atoms with Gasteiger partial charge >= 0.3 is 0 Å². The Labute approximate surface area is 81.4 Å². The molecule has 0 radical (unpaired) electrons. The molecule has 14 heavy (non-hydrogen) atoms. The van der Waals surface area contributed by atoms with E-state index in [-0.39, 0.29) is 23.6 Å². The molecule has 2 aliphatic heterocycles. The normalized spacial score (nSPS) is 29.4. The Bertz CT molecular complexity index is 300. The van der Waals surface area contributed by atoms with Gasteiger partial charge in [0.15, 0.2) is 0 Å². The van der Waals surface area contributed by atoms with E-state index in [9.17, 15) is 14.4 Å². The van der Waals surface area contributed by atoms with Crippen molar-refractivity contribution in [3.05, 3.63) is 0 Å². The Morgan fingerprint density at radius 2 is 2.00 bits per heavy atom. The summed E-state index contributed by atoms with van der Waals surface area (Å²) in [6, 6.07) is -0.279. The zero-order valence-electron chi connectivity index (χ0n) is 7.78. The molecule has 0 bridgehead atoms. The molecule has 0 aromatic rings. The van der Waals surface area contributed by atoms with Crippen LogP contribution in [0, 0.1) is 0 Å². The van der Waals surface area contributed by atoms with Crippen LogP contribution in [0.15, 0.2) is 0 Å². The maximum atomic E-state index is 11.4. The molecule has 5 nitrogen and oxygen atoms in total. The molecule has 2 saturated heterocycles. The van der Waals surface area contributed by atoms with E-state index in [1.165, 1.54) is 0 Å². The van der Waals surface area contributed by atoms with Crippen molar-refractivity contribution in [2.24, 2.45) is 0 Å². The van der Waals surface area contributed by atoms with Crippen LogP contribution in [-0.4, -0.2) is 41.6 Å². The molecule has 0 saturated carbocycles. The number of nitrogens with zero attached hydrogens (tertiary/aromatic N) is 1. The van der Waals surface area contributed by atoms with Crippen molar-refractivity contribution in [2.75, 3.05) is 13.1 Å². The molecule has 0 aliphatic carbocycles. The third-order valence-electron chi connectivity index (χ3n) is 2.71. The lowest BCUT2D eigenvalue weighted by atomic mass is 10.1. The van der Waals surface area contributed by atoms with Crippen LogP contribution in [-0.2, 0) is 14.4 Å². The Morgan fingerprint density at radius 3 is 2.57 bits per heavy atom. The summed E-state index contributed by atoms with van der Waals surface area (Å²) in [6.45, 7) is 0.997. The van der Waals surface area contributed by atoms with E-state index in [2.05, 4.69) is 5.32 Å². The van der Waals surface area contributed by atoms with Gasteiger partial charge in [-0.25, -0.2) is 0 Å². The molecule has 1 atom stereocenters.